The highest BCUT2D eigenvalue weighted by Crippen LogP contribution is 2.16. The minimum Gasteiger partial charge on any atom is -0.339 e. The minimum atomic E-state index is 0.121. The summed E-state index contributed by atoms with van der Waals surface area (Å²) in [6.45, 7) is 4.89. The van der Waals surface area contributed by atoms with Gasteiger partial charge in [-0.3, -0.25) is 4.79 Å². The number of hydrogen-bond donors (Lipinski definition) is 1. The van der Waals surface area contributed by atoms with Crippen molar-refractivity contribution in [2.45, 2.75) is 19.3 Å². The summed E-state index contributed by atoms with van der Waals surface area (Å²) < 4.78 is 5.35. The topological polar surface area (TPSA) is 92.7 Å². The highest BCUT2D eigenvalue weighted by atomic mass is 16.5. The van der Waals surface area contributed by atoms with Gasteiger partial charge in [0.15, 0.2) is 5.82 Å². The van der Waals surface area contributed by atoms with E-state index in [1.54, 1.807) is 18.5 Å². The van der Waals surface area contributed by atoms with Crippen LogP contribution < -0.4 is 9.80 Å². The van der Waals surface area contributed by atoms with Gasteiger partial charge in [-0.05, 0) is 12.1 Å². The number of nitrogens with zero attached hydrogens (tertiary/aromatic N) is 6. The number of nitrogens with one attached hydrogen (secondary N) is 1. The Hall–Kier alpha value is -2.81. The van der Waals surface area contributed by atoms with E-state index in [9.17, 15) is 4.79 Å². The fraction of sp³-hybridized carbons (Fsp3) is 0.526. The number of piperazine rings is 1. The van der Waals surface area contributed by atoms with E-state index in [-0.39, 0.29) is 5.91 Å². The molecule has 0 saturated carbocycles. The van der Waals surface area contributed by atoms with Crippen LogP contribution >= 0.6 is 0 Å². The second-order valence-corrected chi connectivity index (χ2v) is 7.32. The first-order valence-electron chi connectivity index (χ1n) is 9.82. The molecule has 1 atom stereocenters. The molecule has 0 spiro atoms. The summed E-state index contributed by atoms with van der Waals surface area (Å²) in [4.78, 5) is 31.0. The molecule has 2 aliphatic heterocycles. The molecule has 2 aliphatic rings. The standard InChI is InChI=1S/C19H25N7O2/c1-24-9-5-15(6-10-24)18-22-16(28-23-18)3-4-17(27)25-11-13-26(14-12-25)19-20-7-2-8-21-19/h2,5,7-8H,3-4,6,9-14H2,1H3/p+1. The smallest absolute Gasteiger partial charge is 0.227 e. The van der Waals surface area contributed by atoms with E-state index in [1.807, 2.05) is 4.90 Å². The maximum atomic E-state index is 12.5. The molecule has 1 amide bonds. The van der Waals surface area contributed by atoms with Crippen LogP contribution in [0, 0.1) is 0 Å². The van der Waals surface area contributed by atoms with E-state index < -0.39 is 0 Å². The zero-order chi connectivity index (χ0) is 19.3. The molecule has 2 aromatic heterocycles. The van der Waals surface area contributed by atoms with Gasteiger partial charge in [0, 0.05) is 63.4 Å². The van der Waals surface area contributed by atoms with Gasteiger partial charge in [0.1, 0.15) is 0 Å². The normalized spacial score (nSPS) is 20.2. The number of quaternary nitrogens is 1. The van der Waals surface area contributed by atoms with Gasteiger partial charge in [-0.15, -0.1) is 0 Å². The molecule has 0 bridgehead atoms. The van der Waals surface area contributed by atoms with Crippen LogP contribution in [0.5, 0.6) is 0 Å². The second-order valence-electron chi connectivity index (χ2n) is 7.32. The van der Waals surface area contributed by atoms with Crippen LogP contribution in [0.3, 0.4) is 0 Å². The lowest BCUT2D eigenvalue weighted by atomic mass is 10.1. The van der Waals surface area contributed by atoms with Crippen LogP contribution in [-0.4, -0.2) is 77.2 Å². The number of rotatable bonds is 5. The second kappa shape index (κ2) is 8.47. The predicted octanol–water partition coefficient (Wildman–Crippen LogP) is -0.557. The molecule has 148 valence electrons. The van der Waals surface area contributed by atoms with E-state index in [2.05, 4.69) is 38.1 Å². The molecule has 2 aromatic rings. The summed E-state index contributed by atoms with van der Waals surface area (Å²) in [7, 11) is 2.17. The summed E-state index contributed by atoms with van der Waals surface area (Å²) in [6, 6.07) is 1.80. The third-order valence-electron chi connectivity index (χ3n) is 5.29. The van der Waals surface area contributed by atoms with Crippen LogP contribution in [0.4, 0.5) is 5.95 Å². The van der Waals surface area contributed by atoms with E-state index in [4.69, 9.17) is 4.52 Å². The predicted molar refractivity (Wildman–Crippen MR) is 103 cm³/mol. The lowest BCUT2D eigenvalue weighted by molar-refractivity contribution is -0.874. The number of aryl methyl sites for hydroxylation is 1. The molecule has 1 fully saturated rings. The van der Waals surface area contributed by atoms with Gasteiger partial charge < -0.3 is 19.2 Å². The fourth-order valence-corrected chi connectivity index (χ4v) is 3.52. The van der Waals surface area contributed by atoms with Gasteiger partial charge in [0.25, 0.3) is 0 Å². The molecular weight excluding hydrogens is 358 g/mol. The largest absolute Gasteiger partial charge is 0.339 e. The monoisotopic (exact) mass is 384 g/mol. The third kappa shape index (κ3) is 4.36. The van der Waals surface area contributed by atoms with Crippen LogP contribution in [0.1, 0.15) is 24.6 Å². The quantitative estimate of drug-likeness (QED) is 0.739. The summed E-state index contributed by atoms with van der Waals surface area (Å²) in [6.07, 6.45) is 7.47. The summed E-state index contributed by atoms with van der Waals surface area (Å²) >= 11 is 0. The van der Waals surface area contributed by atoms with Crippen LogP contribution in [-0.2, 0) is 11.2 Å². The molecule has 1 saturated heterocycles. The SMILES string of the molecule is C[NH+]1CC=C(c2noc(CCC(=O)N3CCN(c4ncccn4)CC3)n2)CC1. The lowest BCUT2D eigenvalue weighted by Gasteiger charge is -2.34. The zero-order valence-electron chi connectivity index (χ0n) is 16.2. The number of amides is 1. The number of carbonyl (C=O) groups excluding carboxylic acids is 1. The van der Waals surface area contributed by atoms with Crippen molar-refractivity contribution in [2.24, 2.45) is 0 Å². The molecule has 0 aromatic carbocycles. The van der Waals surface area contributed by atoms with E-state index in [1.165, 1.54) is 4.90 Å². The number of hydrogen-bond acceptors (Lipinski definition) is 7. The Balaban J connectivity index is 1.25. The highest BCUT2D eigenvalue weighted by Gasteiger charge is 2.23. The number of likely N-dealkylation sites (N-methyl/N-ethyl adjacent to an activating group) is 1. The Morgan fingerprint density at radius 3 is 2.71 bits per heavy atom. The molecular formula is C19H26N7O2+. The van der Waals surface area contributed by atoms with Crippen molar-refractivity contribution < 1.29 is 14.2 Å². The Morgan fingerprint density at radius 2 is 2.00 bits per heavy atom. The minimum absolute atomic E-state index is 0.121. The number of aromatic nitrogens is 4. The van der Waals surface area contributed by atoms with E-state index in [0.717, 1.165) is 44.1 Å². The first-order chi connectivity index (χ1) is 13.7. The molecule has 1 N–H and O–H groups in total. The Morgan fingerprint density at radius 1 is 1.21 bits per heavy atom. The van der Waals surface area contributed by atoms with E-state index in [0.29, 0.717) is 37.6 Å². The third-order valence-corrected chi connectivity index (χ3v) is 5.29. The van der Waals surface area contributed by atoms with Gasteiger partial charge >= 0.3 is 0 Å². The van der Waals surface area contributed by atoms with Crippen molar-refractivity contribution in [2.75, 3.05) is 51.2 Å². The number of carbonyl (C=O) groups is 1. The molecule has 9 heteroatoms. The van der Waals surface area contributed by atoms with Crippen molar-refractivity contribution in [3.05, 3.63) is 36.3 Å². The average Bonchev–Trinajstić information content (AvgIpc) is 3.22. The van der Waals surface area contributed by atoms with Gasteiger partial charge in [0.2, 0.25) is 17.7 Å². The van der Waals surface area contributed by atoms with Crippen molar-refractivity contribution >= 4 is 17.4 Å². The van der Waals surface area contributed by atoms with Gasteiger partial charge in [0.05, 0.1) is 20.1 Å². The molecule has 0 aliphatic carbocycles. The average molecular weight is 384 g/mol. The molecule has 28 heavy (non-hydrogen) atoms. The first-order valence-corrected chi connectivity index (χ1v) is 9.82. The Kier molecular flexibility index (Phi) is 5.61. The maximum absolute atomic E-state index is 12.5. The maximum Gasteiger partial charge on any atom is 0.227 e. The summed E-state index contributed by atoms with van der Waals surface area (Å²) in [5.74, 6) is 2.05. The van der Waals surface area contributed by atoms with Crippen LogP contribution in [0.25, 0.3) is 5.57 Å². The Bertz CT molecular complexity index is 828. The lowest BCUT2D eigenvalue weighted by Crippen LogP contribution is -3.09. The molecule has 0 radical (unpaired) electrons. The highest BCUT2D eigenvalue weighted by molar-refractivity contribution is 5.76. The van der Waals surface area contributed by atoms with Crippen molar-refractivity contribution in [3.8, 4) is 0 Å². The molecule has 4 rings (SSSR count). The first kappa shape index (κ1) is 18.5. The Labute approximate surface area is 164 Å². The van der Waals surface area contributed by atoms with Crippen LogP contribution in [0.15, 0.2) is 29.1 Å². The van der Waals surface area contributed by atoms with Gasteiger partial charge in [-0.25, -0.2) is 9.97 Å². The summed E-state index contributed by atoms with van der Waals surface area (Å²) in [5, 5.41) is 4.09. The van der Waals surface area contributed by atoms with Gasteiger partial charge in [-0.2, -0.15) is 4.98 Å². The van der Waals surface area contributed by atoms with Crippen molar-refractivity contribution in [3.63, 3.8) is 0 Å². The molecule has 9 nitrogen and oxygen atoms in total. The molecule has 4 heterocycles. The molecule has 1 unspecified atom stereocenters. The van der Waals surface area contributed by atoms with Gasteiger partial charge in [-0.1, -0.05) is 5.16 Å². The van der Waals surface area contributed by atoms with E-state index >= 15 is 0 Å². The number of anilines is 1. The van der Waals surface area contributed by atoms with Crippen molar-refractivity contribution in [1.29, 1.82) is 0 Å². The van der Waals surface area contributed by atoms with Crippen LogP contribution in [0.2, 0.25) is 0 Å². The summed E-state index contributed by atoms with van der Waals surface area (Å²) in [5.41, 5.74) is 1.14. The van der Waals surface area contributed by atoms with Crippen molar-refractivity contribution in [1.82, 2.24) is 25.0 Å². The fourth-order valence-electron chi connectivity index (χ4n) is 3.52. The zero-order valence-corrected chi connectivity index (χ0v) is 16.2.